The molecule has 1 N–H and O–H groups in total. The van der Waals surface area contributed by atoms with Crippen molar-refractivity contribution < 1.29 is 9.15 Å². The summed E-state index contributed by atoms with van der Waals surface area (Å²) in [6.07, 6.45) is 1.75. The van der Waals surface area contributed by atoms with Crippen LogP contribution in [0, 0.1) is 6.92 Å². The van der Waals surface area contributed by atoms with E-state index in [9.17, 15) is 4.79 Å². The zero-order chi connectivity index (χ0) is 18.5. The van der Waals surface area contributed by atoms with Crippen LogP contribution < -0.4 is 10.3 Å². The number of hydrogen-bond acceptors (Lipinski definition) is 6. The van der Waals surface area contributed by atoms with Crippen LogP contribution in [0.4, 0.5) is 0 Å². The molecule has 0 aliphatic carbocycles. The van der Waals surface area contributed by atoms with Gasteiger partial charge in [-0.15, -0.1) is 0 Å². The van der Waals surface area contributed by atoms with Gasteiger partial charge in [-0.2, -0.15) is 0 Å². The average molecular weight is 371 g/mol. The normalized spacial score (nSPS) is 10.9. The topological polar surface area (TPSA) is 81.0 Å². The highest BCUT2D eigenvalue weighted by atomic mass is 32.2. The van der Waals surface area contributed by atoms with Crippen LogP contribution in [0.2, 0.25) is 0 Å². The Hall–Kier alpha value is -2.54. The van der Waals surface area contributed by atoms with Gasteiger partial charge in [0.1, 0.15) is 11.5 Å². The lowest BCUT2D eigenvalue weighted by molar-refractivity contribution is 0.415. The molecule has 2 aromatic heterocycles. The molecule has 0 atom stereocenters. The van der Waals surface area contributed by atoms with Crippen molar-refractivity contribution in [1.29, 1.82) is 0 Å². The molecule has 0 spiro atoms. The van der Waals surface area contributed by atoms with E-state index in [2.05, 4.69) is 21.9 Å². The van der Waals surface area contributed by atoms with E-state index in [1.54, 1.807) is 13.2 Å². The Kier molecular flexibility index (Phi) is 5.78. The summed E-state index contributed by atoms with van der Waals surface area (Å²) in [6, 6.07) is 9.12. The maximum Gasteiger partial charge on any atom is 0.251 e. The highest BCUT2D eigenvalue weighted by Crippen LogP contribution is 2.27. The van der Waals surface area contributed by atoms with Gasteiger partial charge in [-0.25, -0.2) is 9.97 Å². The van der Waals surface area contributed by atoms with Crippen molar-refractivity contribution in [2.75, 3.05) is 7.11 Å². The summed E-state index contributed by atoms with van der Waals surface area (Å²) in [7, 11) is 1.63. The second kappa shape index (κ2) is 8.23. The van der Waals surface area contributed by atoms with Crippen molar-refractivity contribution in [1.82, 2.24) is 15.0 Å². The molecule has 0 saturated heterocycles. The van der Waals surface area contributed by atoms with Crippen molar-refractivity contribution in [3.8, 4) is 17.2 Å². The number of H-pyrrole nitrogens is 1. The number of aromatic nitrogens is 3. The van der Waals surface area contributed by atoms with Crippen molar-refractivity contribution in [3.63, 3.8) is 0 Å². The zero-order valence-corrected chi connectivity index (χ0v) is 15.9. The Bertz CT molecular complexity index is 932. The first kappa shape index (κ1) is 18.3. The number of ether oxygens (including phenoxy) is 1. The fourth-order valence-electron chi connectivity index (χ4n) is 2.49. The van der Waals surface area contributed by atoms with Gasteiger partial charge in [-0.05, 0) is 37.6 Å². The number of nitrogens with one attached hydrogen (secondary N) is 1. The number of aromatic amines is 1. The fourth-order valence-corrected chi connectivity index (χ4v) is 3.39. The molecule has 0 aliphatic rings. The van der Waals surface area contributed by atoms with E-state index in [4.69, 9.17) is 9.15 Å². The monoisotopic (exact) mass is 371 g/mol. The summed E-state index contributed by atoms with van der Waals surface area (Å²) in [5.41, 5.74) is 2.42. The van der Waals surface area contributed by atoms with Gasteiger partial charge in [-0.3, -0.25) is 4.79 Å². The summed E-state index contributed by atoms with van der Waals surface area (Å²) >= 11 is 1.45. The largest absolute Gasteiger partial charge is 0.497 e. The van der Waals surface area contributed by atoms with Crippen LogP contribution in [0.5, 0.6) is 5.75 Å². The van der Waals surface area contributed by atoms with Crippen LogP contribution in [-0.2, 0) is 12.2 Å². The summed E-state index contributed by atoms with van der Waals surface area (Å²) in [5, 5.41) is 0.606. The molecule has 3 rings (SSSR count). The summed E-state index contributed by atoms with van der Waals surface area (Å²) in [5.74, 6) is 2.69. The van der Waals surface area contributed by atoms with Crippen LogP contribution in [-0.4, -0.2) is 22.1 Å². The van der Waals surface area contributed by atoms with E-state index in [1.807, 2.05) is 31.2 Å². The van der Waals surface area contributed by atoms with Gasteiger partial charge in [0.05, 0.1) is 12.8 Å². The number of thioether (sulfide) groups is 1. The number of hydrogen-bond donors (Lipinski definition) is 1. The van der Waals surface area contributed by atoms with E-state index in [-0.39, 0.29) is 5.56 Å². The number of aryl methyl sites for hydroxylation is 2. The molecule has 7 heteroatoms. The summed E-state index contributed by atoms with van der Waals surface area (Å²) in [4.78, 5) is 23.6. The van der Waals surface area contributed by atoms with Gasteiger partial charge < -0.3 is 14.1 Å². The first-order valence-electron chi connectivity index (χ1n) is 8.42. The van der Waals surface area contributed by atoms with Gasteiger partial charge in [0.15, 0.2) is 5.16 Å². The van der Waals surface area contributed by atoms with E-state index in [1.165, 1.54) is 11.8 Å². The van der Waals surface area contributed by atoms with Crippen LogP contribution >= 0.6 is 11.8 Å². The zero-order valence-electron chi connectivity index (χ0n) is 15.0. The lowest BCUT2D eigenvalue weighted by Crippen LogP contribution is -2.10. The first-order chi connectivity index (χ1) is 12.6. The van der Waals surface area contributed by atoms with Crippen molar-refractivity contribution in [2.45, 2.75) is 37.6 Å². The highest BCUT2D eigenvalue weighted by molar-refractivity contribution is 7.98. The minimum Gasteiger partial charge on any atom is -0.497 e. The molecule has 26 heavy (non-hydrogen) atoms. The minimum absolute atomic E-state index is 0.123. The van der Waals surface area contributed by atoms with Gasteiger partial charge in [0.25, 0.3) is 5.56 Å². The SMILES string of the molecule is CCCc1cc(=O)[nH]c(SCc2nc(-c3ccc(OC)cc3)oc2C)n1. The Morgan fingerprint density at radius 1 is 1.23 bits per heavy atom. The quantitative estimate of drug-likeness (QED) is 0.500. The third-order valence-electron chi connectivity index (χ3n) is 3.85. The molecule has 1 aromatic carbocycles. The predicted molar refractivity (Wildman–Crippen MR) is 102 cm³/mol. The second-order valence-electron chi connectivity index (χ2n) is 5.83. The predicted octanol–water partition coefficient (Wildman–Crippen LogP) is 3.99. The molecular weight excluding hydrogens is 350 g/mol. The van der Waals surface area contributed by atoms with E-state index in [0.29, 0.717) is 16.8 Å². The van der Waals surface area contributed by atoms with Gasteiger partial charge >= 0.3 is 0 Å². The molecule has 0 amide bonds. The molecule has 0 radical (unpaired) electrons. The first-order valence-corrected chi connectivity index (χ1v) is 9.41. The second-order valence-corrected chi connectivity index (χ2v) is 6.80. The van der Waals surface area contributed by atoms with Crippen LogP contribution in [0.15, 0.2) is 44.7 Å². The molecule has 0 aliphatic heterocycles. The molecule has 0 saturated carbocycles. The molecule has 0 fully saturated rings. The van der Waals surface area contributed by atoms with Crippen molar-refractivity contribution >= 4 is 11.8 Å². The van der Waals surface area contributed by atoms with E-state index >= 15 is 0 Å². The number of rotatable bonds is 7. The minimum atomic E-state index is -0.123. The van der Waals surface area contributed by atoms with Crippen molar-refractivity contribution in [2.24, 2.45) is 0 Å². The van der Waals surface area contributed by atoms with E-state index < -0.39 is 0 Å². The number of methoxy groups -OCH3 is 1. The number of oxazole rings is 1. The number of nitrogens with zero attached hydrogens (tertiary/aromatic N) is 2. The van der Waals surface area contributed by atoms with Gasteiger partial charge in [-0.1, -0.05) is 25.1 Å². The van der Waals surface area contributed by atoms with Crippen LogP contribution in [0.1, 0.15) is 30.5 Å². The lowest BCUT2D eigenvalue weighted by atomic mass is 10.2. The van der Waals surface area contributed by atoms with Crippen molar-refractivity contribution in [3.05, 3.63) is 57.8 Å². The maximum absolute atomic E-state index is 11.8. The molecule has 3 aromatic rings. The molecule has 136 valence electrons. The Labute approximate surface area is 156 Å². The third kappa shape index (κ3) is 4.35. The standard InChI is InChI=1S/C19H21N3O3S/c1-4-5-14-10-17(23)22-19(20-14)26-11-16-12(2)25-18(21-16)13-6-8-15(24-3)9-7-13/h6-10H,4-5,11H2,1-3H3,(H,20,22,23). The Morgan fingerprint density at radius 2 is 2.00 bits per heavy atom. The molecule has 0 unspecified atom stereocenters. The molecule has 2 heterocycles. The molecular formula is C19H21N3O3S. The summed E-state index contributed by atoms with van der Waals surface area (Å²) in [6.45, 7) is 3.95. The van der Waals surface area contributed by atoms with Gasteiger partial charge in [0, 0.05) is 23.1 Å². The number of benzene rings is 1. The summed E-state index contributed by atoms with van der Waals surface area (Å²) < 4.78 is 11.0. The fraction of sp³-hybridized carbons (Fsp3) is 0.316. The molecule has 0 bridgehead atoms. The third-order valence-corrected chi connectivity index (χ3v) is 4.74. The van der Waals surface area contributed by atoms with E-state index in [0.717, 1.165) is 41.3 Å². The molecule has 6 nitrogen and oxygen atoms in total. The maximum atomic E-state index is 11.8. The lowest BCUT2D eigenvalue weighted by Gasteiger charge is -2.02. The Balaban J connectivity index is 1.74. The van der Waals surface area contributed by atoms with Crippen LogP contribution in [0.3, 0.4) is 0 Å². The van der Waals surface area contributed by atoms with Gasteiger partial charge in [0.2, 0.25) is 5.89 Å². The van der Waals surface area contributed by atoms with Crippen LogP contribution in [0.25, 0.3) is 11.5 Å². The Morgan fingerprint density at radius 3 is 2.69 bits per heavy atom. The smallest absolute Gasteiger partial charge is 0.251 e. The average Bonchev–Trinajstić information content (AvgIpc) is 3.01. The highest BCUT2D eigenvalue weighted by Gasteiger charge is 2.13.